The average molecular weight is 485 g/mol. The van der Waals surface area contributed by atoms with Crippen LogP contribution in [0.3, 0.4) is 0 Å². The molecule has 1 N–H and O–H groups in total. The maximum atomic E-state index is 6.03. The molecule has 6 nitrogen and oxygen atoms in total. The lowest BCUT2D eigenvalue weighted by Gasteiger charge is -2.30. The van der Waals surface area contributed by atoms with E-state index in [1.807, 2.05) is 72.9 Å². The molecule has 2 aromatic heterocycles. The van der Waals surface area contributed by atoms with Crippen molar-refractivity contribution in [3.63, 3.8) is 0 Å². The van der Waals surface area contributed by atoms with Crippen LogP contribution in [0.2, 0.25) is 0 Å². The van der Waals surface area contributed by atoms with Crippen molar-refractivity contribution < 1.29 is 9.47 Å². The summed E-state index contributed by atoms with van der Waals surface area (Å²) in [5, 5.41) is 4.20. The normalized spacial score (nSPS) is 17.5. The van der Waals surface area contributed by atoms with Gasteiger partial charge in [-0.05, 0) is 98.9 Å². The van der Waals surface area contributed by atoms with E-state index in [4.69, 9.17) is 21.7 Å². The zero-order chi connectivity index (χ0) is 24.4. The lowest BCUT2D eigenvalue weighted by molar-refractivity contribution is 0.413. The van der Waals surface area contributed by atoms with Crippen LogP contribution < -0.4 is 19.7 Å². The topological polar surface area (TPSA) is 51.6 Å². The highest BCUT2D eigenvalue weighted by Gasteiger charge is 2.42. The first-order valence-corrected chi connectivity index (χ1v) is 12.1. The second-order valence-electron chi connectivity index (χ2n) is 8.70. The van der Waals surface area contributed by atoms with Gasteiger partial charge in [0.15, 0.2) is 5.11 Å². The quantitative estimate of drug-likeness (QED) is 0.305. The standard InChI is InChI=1S/C28H28N4O2S/c1-19(2)31-18-6-8-25(31)27-26(24-7-4-5-17-29-24)30-28(35)32(27)20-9-11-22(12-10-20)34-23-15-13-21(33-3)14-16-23/h4-19,26-27H,1-3H3,(H,30,35)/t26-,27+/m1/s1. The van der Waals surface area contributed by atoms with Crippen molar-refractivity contribution in [3.05, 3.63) is 103 Å². The highest BCUT2D eigenvalue weighted by atomic mass is 32.1. The average Bonchev–Trinajstić information content (AvgIpc) is 3.50. The summed E-state index contributed by atoms with van der Waals surface area (Å²) in [5.41, 5.74) is 3.13. The first-order chi connectivity index (χ1) is 17.0. The molecule has 0 bridgehead atoms. The van der Waals surface area contributed by atoms with Crippen molar-refractivity contribution in [3.8, 4) is 17.2 Å². The van der Waals surface area contributed by atoms with Gasteiger partial charge in [-0.1, -0.05) is 6.07 Å². The molecule has 2 aromatic carbocycles. The second kappa shape index (κ2) is 9.80. The van der Waals surface area contributed by atoms with Gasteiger partial charge in [-0.3, -0.25) is 4.98 Å². The minimum atomic E-state index is -0.0775. The lowest BCUT2D eigenvalue weighted by Crippen LogP contribution is -2.30. The predicted octanol–water partition coefficient (Wildman–Crippen LogP) is 6.44. The van der Waals surface area contributed by atoms with Crippen molar-refractivity contribution in [1.82, 2.24) is 14.9 Å². The van der Waals surface area contributed by atoms with E-state index in [0.29, 0.717) is 11.2 Å². The Labute approximate surface area is 211 Å². The predicted molar refractivity (Wildman–Crippen MR) is 142 cm³/mol. The Kier molecular flexibility index (Phi) is 6.42. The molecule has 5 rings (SSSR count). The van der Waals surface area contributed by atoms with Gasteiger partial charge in [0.1, 0.15) is 23.3 Å². The van der Waals surface area contributed by atoms with Gasteiger partial charge in [-0.2, -0.15) is 0 Å². The Morgan fingerprint density at radius 1 is 0.886 bits per heavy atom. The number of hydrogen-bond donors (Lipinski definition) is 1. The number of methoxy groups -OCH3 is 1. The number of benzene rings is 2. The highest BCUT2D eigenvalue weighted by molar-refractivity contribution is 7.80. The van der Waals surface area contributed by atoms with Gasteiger partial charge in [-0.15, -0.1) is 0 Å². The van der Waals surface area contributed by atoms with E-state index in [0.717, 1.165) is 28.6 Å². The summed E-state index contributed by atoms with van der Waals surface area (Å²) < 4.78 is 13.5. The van der Waals surface area contributed by atoms with Gasteiger partial charge < -0.3 is 24.3 Å². The smallest absolute Gasteiger partial charge is 0.174 e. The number of hydrogen-bond acceptors (Lipinski definition) is 4. The molecule has 35 heavy (non-hydrogen) atoms. The number of rotatable bonds is 7. The van der Waals surface area contributed by atoms with Crippen LogP contribution in [0.5, 0.6) is 17.2 Å². The molecule has 1 aliphatic heterocycles. The van der Waals surface area contributed by atoms with Crippen LogP contribution in [-0.4, -0.2) is 21.8 Å². The Morgan fingerprint density at radius 2 is 1.57 bits per heavy atom. The summed E-state index contributed by atoms with van der Waals surface area (Å²) in [6, 6.07) is 26.0. The van der Waals surface area contributed by atoms with Crippen LogP contribution >= 0.6 is 12.2 Å². The fraction of sp³-hybridized carbons (Fsp3) is 0.214. The van der Waals surface area contributed by atoms with E-state index >= 15 is 0 Å². The number of anilines is 1. The molecule has 178 valence electrons. The fourth-order valence-electron chi connectivity index (χ4n) is 4.52. The van der Waals surface area contributed by atoms with E-state index < -0.39 is 0 Å². The maximum Gasteiger partial charge on any atom is 0.174 e. The first-order valence-electron chi connectivity index (χ1n) is 11.6. The summed E-state index contributed by atoms with van der Waals surface area (Å²) in [6.07, 6.45) is 3.95. The SMILES string of the molecule is COc1ccc(Oc2ccc(N3C(=S)N[C@H](c4ccccn4)[C@@H]3c3cccn3C(C)C)cc2)cc1. The van der Waals surface area contributed by atoms with Crippen molar-refractivity contribution in [2.45, 2.75) is 32.0 Å². The minimum absolute atomic E-state index is 0.0526. The summed E-state index contributed by atoms with van der Waals surface area (Å²) in [4.78, 5) is 6.82. The molecule has 0 amide bonds. The monoisotopic (exact) mass is 484 g/mol. The molecule has 0 radical (unpaired) electrons. The number of pyridine rings is 1. The molecule has 0 spiro atoms. The van der Waals surface area contributed by atoms with E-state index in [9.17, 15) is 0 Å². The van der Waals surface area contributed by atoms with Crippen molar-refractivity contribution in [1.29, 1.82) is 0 Å². The Bertz CT molecular complexity index is 1290. The zero-order valence-electron chi connectivity index (χ0n) is 20.0. The summed E-state index contributed by atoms with van der Waals surface area (Å²) in [7, 11) is 1.65. The van der Waals surface area contributed by atoms with Crippen LogP contribution in [-0.2, 0) is 0 Å². The molecular formula is C28H28N4O2S. The Balaban J connectivity index is 1.48. The van der Waals surface area contributed by atoms with E-state index in [-0.39, 0.29) is 12.1 Å². The van der Waals surface area contributed by atoms with E-state index in [1.165, 1.54) is 5.69 Å². The zero-order valence-corrected chi connectivity index (χ0v) is 20.8. The van der Waals surface area contributed by atoms with Crippen LogP contribution in [0.25, 0.3) is 0 Å². The molecule has 0 saturated carbocycles. The Hall–Kier alpha value is -3.84. The molecule has 1 saturated heterocycles. The number of ether oxygens (including phenoxy) is 2. The molecule has 1 fully saturated rings. The molecule has 0 unspecified atom stereocenters. The molecule has 0 aliphatic carbocycles. The highest BCUT2D eigenvalue weighted by Crippen LogP contribution is 2.42. The van der Waals surface area contributed by atoms with Gasteiger partial charge in [0.25, 0.3) is 0 Å². The fourth-order valence-corrected chi connectivity index (χ4v) is 4.86. The third kappa shape index (κ3) is 4.59. The Morgan fingerprint density at radius 3 is 2.20 bits per heavy atom. The van der Waals surface area contributed by atoms with Gasteiger partial charge in [0.05, 0.1) is 18.8 Å². The molecule has 2 atom stereocenters. The number of nitrogens with one attached hydrogen (secondary N) is 1. The minimum Gasteiger partial charge on any atom is -0.497 e. The van der Waals surface area contributed by atoms with Crippen molar-refractivity contribution in [2.24, 2.45) is 0 Å². The lowest BCUT2D eigenvalue weighted by atomic mass is 10.0. The largest absolute Gasteiger partial charge is 0.497 e. The molecule has 4 aromatic rings. The summed E-state index contributed by atoms with van der Waals surface area (Å²) >= 11 is 5.86. The van der Waals surface area contributed by atoms with E-state index in [1.54, 1.807) is 7.11 Å². The third-order valence-corrected chi connectivity index (χ3v) is 6.49. The van der Waals surface area contributed by atoms with Gasteiger partial charge >= 0.3 is 0 Å². The summed E-state index contributed by atoms with van der Waals surface area (Å²) in [5.74, 6) is 2.29. The van der Waals surface area contributed by atoms with Crippen molar-refractivity contribution >= 4 is 23.0 Å². The molecular weight excluding hydrogens is 456 g/mol. The first kappa shape index (κ1) is 22.9. The number of aromatic nitrogens is 2. The van der Waals surface area contributed by atoms with Crippen LogP contribution in [0.4, 0.5) is 5.69 Å². The maximum absolute atomic E-state index is 6.03. The third-order valence-electron chi connectivity index (χ3n) is 6.18. The van der Waals surface area contributed by atoms with Crippen molar-refractivity contribution in [2.75, 3.05) is 12.0 Å². The van der Waals surface area contributed by atoms with Crippen LogP contribution in [0.1, 0.15) is 43.4 Å². The van der Waals surface area contributed by atoms with Crippen LogP contribution in [0, 0.1) is 0 Å². The molecule has 1 aliphatic rings. The van der Waals surface area contributed by atoms with Gasteiger partial charge in [0, 0.05) is 29.8 Å². The molecule has 3 heterocycles. The van der Waals surface area contributed by atoms with Gasteiger partial charge in [-0.25, -0.2) is 0 Å². The second-order valence-corrected chi connectivity index (χ2v) is 9.09. The van der Waals surface area contributed by atoms with E-state index in [2.05, 4.69) is 51.9 Å². The van der Waals surface area contributed by atoms with Crippen LogP contribution in [0.15, 0.2) is 91.3 Å². The summed E-state index contributed by atoms with van der Waals surface area (Å²) in [6.45, 7) is 4.38. The van der Waals surface area contributed by atoms with Gasteiger partial charge in [0.2, 0.25) is 0 Å². The number of nitrogens with zero attached hydrogens (tertiary/aromatic N) is 3. The molecule has 7 heteroatoms. The number of thiocarbonyl (C=S) groups is 1.